The maximum Gasteiger partial charge on any atom is 0.326 e. The van der Waals surface area contributed by atoms with Gasteiger partial charge in [0.15, 0.2) is 11.5 Å². The number of carboxylic acids is 1. The average Bonchev–Trinajstić information content (AvgIpc) is 2.42. The Balaban J connectivity index is 2.79. The number of hydrogen-bond donors (Lipinski definition) is 4. The summed E-state index contributed by atoms with van der Waals surface area (Å²) in [6.07, 6.45) is -0.274. The second-order valence-electron chi connectivity index (χ2n) is 4.26. The van der Waals surface area contributed by atoms with Crippen LogP contribution in [-0.4, -0.2) is 41.1 Å². The minimum absolute atomic E-state index is 0.0682. The normalized spacial score (nSPS) is 11.5. The zero-order valence-corrected chi connectivity index (χ0v) is 11.3. The number of carbonyl (C=O) groups is 3. The van der Waals surface area contributed by atoms with Gasteiger partial charge in [0.2, 0.25) is 5.91 Å². The van der Waals surface area contributed by atoms with Gasteiger partial charge in [-0.15, -0.1) is 0 Å². The summed E-state index contributed by atoms with van der Waals surface area (Å²) in [4.78, 5) is 33.6. The van der Waals surface area contributed by atoms with Crippen molar-refractivity contribution in [2.24, 2.45) is 5.73 Å². The highest BCUT2D eigenvalue weighted by molar-refractivity contribution is 5.97. The summed E-state index contributed by atoms with van der Waals surface area (Å²) in [6, 6.07) is 2.67. The molecular formula is C13H16N2O6. The summed E-state index contributed by atoms with van der Waals surface area (Å²) in [6.45, 7) is 0. The van der Waals surface area contributed by atoms with E-state index in [0.29, 0.717) is 0 Å². The van der Waals surface area contributed by atoms with Crippen LogP contribution in [0.5, 0.6) is 11.5 Å². The van der Waals surface area contributed by atoms with Gasteiger partial charge in [0.05, 0.1) is 7.11 Å². The second kappa shape index (κ2) is 7.13. The largest absolute Gasteiger partial charge is 0.504 e. The molecule has 0 saturated carbocycles. The molecule has 0 aliphatic carbocycles. The summed E-state index contributed by atoms with van der Waals surface area (Å²) in [5.74, 6) is -2.67. The van der Waals surface area contributed by atoms with Gasteiger partial charge in [-0.2, -0.15) is 0 Å². The van der Waals surface area contributed by atoms with Crippen molar-refractivity contribution in [2.75, 3.05) is 7.11 Å². The minimum atomic E-state index is -1.28. The SMILES string of the molecule is COc1ccc(C(=O)N[C@@H](CCC(N)=O)C(=O)O)cc1O. The zero-order chi connectivity index (χ0) is 16.0. The molecule has 114 valence electrons. The van der Waals surface area contributed by atoms with Gasteiger partial charge in [-0.1, -0.05) is 0 Å². The summed E-state index contributed by atoms with van der Waals surface area (Å²) in [5.41, 5.74) is 5.01. The van der Waals surface area contributed by atoms with Gasteiger partial charge in [0, 0.05) is 12.0 Å². The molecule has 0 aliphatic heterocycles. The highest BCUT2D eigenvalue weighted by Gasteiger charge is 2.21. The van der Waals surface area contributed by atoms with E-state index < -0.39 is 23.8 Å². The van der Waals surface area contributed by atoms with Crippen LogP contribution in [0, 0.1) is 0 Å². The Hall–Kier alpha value is -2.77. The van der Waals surface area contributed by atoms with Crippen LogP contribution < -0.4 is 15.8 Å². The van der Waals surface area contributed by atoms with Crippen molar-refractivity contribution in [3.63, 3.8) is 0 Å². The third-order valence-electron chi connectivity index (χ3n) is 2.72. The quantitative estimate of drug-likeness (QED) is 0.552. The van der Waals surface area contributed by atoms with E-state index in [2.05, 4.69) is 5.32 Å². The molecule has 0 radical (unpaired) electrons. The Morgan fingerprint density at radius 3 is 2.52 bits per heavy atom. The van der Waals surface area contributed by atoms with Crippen LogP contribution in [0.2, 0.25) is 0 Å². The number of hydrogen-bond acceptors (Lipinski definition) is 5. The highest BCUT2D eigenvalue weighted by Crippen LogP contribution is 2.26. The Kier molecular flexibility index (Phi) is 5.53. The van der Waals surface area contributed by atoms with Crippen molar-refractivity contribution in [3.05, 3.63) is 23.8 Å². The Labute approximate surface area is 120 Å². The molecule has 21 heavy (non-hydrogen) atoms. The molecule has 0 spiro atoms. The number of nitrogens with one attached hydrogen (secondary N) is 1. The molecule has 0 aromatic heterocycles. The summed E-state index contributed by atoms with van der Waals surface area (Å²) >= 11 is 0. The number of methoxy groups -OCH3 is 1. The van der Waals surface area contributed by atoms with Gasteiger partial charge in [-0.25, -0.2) is 4.79 Å². The van der Waals surface area contributed by atoms with Crippen LogP contribution >= 0.6 is 0 Å². The number of ether oxygens (including phenoxy) is 1. The van der Waals surface area contributed by atoms with E-state index >= 15 is 0 Å². The number of phenols is 1. The number of aliphatic carboxylic acids is 1. The molecule has 0 aliphatic rings. The molecule has 0 fully saturated rings. The van der Waals surface area contributed by atoms with Crippen LogP contribution in [0.25, 0.3) is 0 Å². The monoisotopic (exact) mass is 296 g/mol. The molecule has 1 aromatic rings. The fraction of sp³-hybridized carbons (Fsp3) is 0.308. The number of nitrogens with two attached hydrogens (primary N) is 1. The molecule has 8 nitrogen and oxygen atoms in total. The van der Waals surface area contributed by atoms with Crippen molar-refractivity contribution in [1.82, 2.24) is 5.32 Å². The third-order valence-corrected chi connectivity index (χ3v) is 2.72. The number of amides is 2. The summed E-state index contributed by atoms with van der Waals surface area (Å²) in [5, 5.41) is 20.8. The number of benzene rings is 1. The van der Waals surface area contributed by atoms with E-state index in [4.69, 9.17) is 15.6 Å². The number of carbonyl (C=O) groups excluding carboxylic acids is 2. The number of rotatable bonds is 7. The lowest BCUT2D eigenvalue weighted by Crippen LogP contribution is -2.41. The van der Waals surface area contributed by atoms with E-state index in [1.807, 2.05) is 0 Å². The number of phenolic OH excluding ortho intramolecular Hbond substituents is 1. The van der Waals surface area contributed by atoms with E-state index in [1.165, 1.54) is 19.2 Å². The van der Waals surface area contributed by atoms with Gasteiger partial charge in [-0.05, 0) is 24.6 Å². The van der Waals surface area contributed by atoms with Crippen molar-refractivity contribution in [1.29, 1.82) is 0 Å². The molecular weight excluding hydrogens is 280 g/mol. The van der Waals surface area contributed by atoms with Crippen molar-refractivity contribution < 1.29 is 29.3 Å². The Morgan fingerprint density at radius 2 is 2.05 bits per heavy atom. The first kappa shape index (κ1) is 16.3. The number of carboxylic acid groups (broad SMARTS) is 1. The Bertz CT molecular complexity index is 558. The fourth-order valence-electron chi connectivity index (χ4n) is 1.62. The number of primary amides is 1. The topological polar surface area (TPSA) is 139 Å². The molecule has 0 saturated heterocycles. The van der Waals surface area contributed by atoms with E-state index in [0.717, 1.165) is 6.07 Å². The van der Waals surface area contributed by atoms with Gasteiger partial charge in [-0.3, -0.25) is 9.59 Å². The first-order valence-electron chi connectivity index (χ1n) is 6.04. The average molecular weight is 296 g/mol. The fourth-order valence-corrected chi connectivity index (χ4v) is 1.62. The first-order valence-corrected chi connectivity index (χ1v) is 6.04. The molecule has 0 unspecified atom stereocenters. The third kappa shape index (κ3) is 4.68. The van der Waals surface area contributed by atoms with Gasteiger partial charge in [0.25, 0.3) is 5.91 Å². The van der Waals surface area contributed by atoms with Gasteiger partial charge < -0.3 is 26.0 Å². The lowest BCUT2D eigenvalue weighted by atomic mass is 10.1. The molecule has 5 N–H and O–H groups in total. The standard InChI is InChI=1S/C13H16N2O6/c1-21-10-4-2-7(6-9(10)16)12(18)15-8(13(19)20)3-5-11(14)17/h2,4,6,8,16H,3,5H2,1H3,(H2,14,17)(H,15,18)(H,19,20)/t8-/m0/s1. The van der Waals surface area contributed by atoms with Crippen LogP contribution in [0.4, 0.5) is 0 Å². The lowest BCUT2D eigenvalue weighted by Gasteiger charge is -2.14. The van der Waals surface area contributed by atoms with Crippen molar-refractivity contribution in [2.45, 2.75) is 18.9 Å². The van der Waals surface area contributed by atoms with Crippen molar-refractivity contribution in [3.8, 4) is 11.5 Å². The zero-order valence-electron chi connectivity index (χ0n) is 11.3. The first-order chi connectivity index (χ1) is 9.85. The molecule has 1 rings (SSSR count). The van der Waals surface area contributed by atoms with Crippen molar-refractivity contribution >= 4 is 17.8 Å². The summed E-state index contributed by atoms with van der Waals surface area (Å²) in [7, 11) is 1.36. The van der Waals surface area contributed by atoms with Gasteiger partial charge >= 0.3 is 5.97 Å². The van der Waals surface area contributed by atoms with E-state index in [9.17, 15) is 19.5 Å². The lowest BCUT2D eigenvalue weighted by molar-refractivity contribution is -0.139. The van der Waals surface area contributed by atoms with Crippen LogP contribution in [-0.2, 0) is 9.59 Å². The van der Waals surface area contributed by atoms with Crippen LogP contribution in [0.3, 0.4) is 0 Å². The molecule has 8 heteroatoms. The smallest absolute Gasteiger partial charge is 0.326 e. The molecule has 2 amide bonds. The number of aromatic hydroxyl groups is 1. The van der Waals surface area contributed by atoms with Crippen LogP contribution in [0.15, 0.2) is 18.2 Å². The molecule has 1 aromatic carbocycles. The maximum absolute atomic E-state index is 11.9. The van der Waals surface area contributed by atoms with E-state index in [1.54, 1.807) is 0 Å². The minimum Gasteiger partial charge on any atom is -0.504 e. The highest BCUT2D eigenvalue weighted by atomic mass is 16.5. The predicted molar refractivity (Wildman–Crippen MR) is 72.0 cm³/mol. The molecule has 0 bridgehead atoms. The van der Waals surface area contributed by atoms with Crippen LogP contribution in [0.1, 0.15) is 23.2 Å². The molecule has 0 heterocycles. The maximum atomic E-state index is 11.9. The molecule has 1 atom stereocenters. The second-order valence-corrected chi connectivity index (χ2v) is 4.26. The van der Waals surface area contributed by atoms with E-state index in [-0.39, 0.29) is 29.9 Å². The Morgan fingerprint density at radius 1 is 1.38 bits per heavy atom. The summed E-state index contributed by atoms with van der Waals surface area (Å²) < 4.78 is 4.84. The van der Waals surface area contributed by atoms with Gasteiger partial charge in [0.1, 0.15) is 6.04 Å². The predicted octanol–water partition coefficient (Wildman–Crippen LogP) is -0.151.